The van der Waals surface area contributed by atoms with Crippen molar-refractivity contribution in [1.82, 2.24) is 15.5 Å². The van der Waals surface area contributed by atoms with Crippen molar-refractivity contribution in [2.24, 2.45) is 0 Å². The number of ether oxygens (including phenoxy) is 2. The number of esters is 1. The predicted molar refractivity (Wildman–Crippen MR) is 73.5 cm³/mol. The van der Waals surface area contributed by atoms with Crippen LogP contribution in [0.5, 0.6) is 0 Å². The lowest BCUT2D eigenvalue weighted by atomic mass is 10.2. The third-order valence-electron chi connectivity index (χ3n) is 2.23. The molecule has 9 heteroatoms. The Morgan fingerprint density at radius 1 is 1.45 bits per heavy atom. The molecule has 0 aromatic rings. The van der Waals surface area contributed by atoms with Gasteiger partial charge >= 0.3 is 12.1 Å². The Kier molecular flexibility index (Phi) is 5.50. The lowest BCUT2D eigenvalue weighted by molar-refractivity contribution is -0.145. The third-order valence-corrected chi connectivity index (χ3v) is 2.23. The molecule has 0 aromatic carbocycles. The van der Waals surface area contributed by atoms with Gasteiger partial charge in [0.05, 0.1) is 6.20 Å². The zero-order valence-corrected chi connectivity index (χ0v) is 12.6. The normalized spacial score (nSPS) is 14.9. The fourth-order valence-electron chi connectivity index (χ4n) is 1.30. The molecule has 2 amide bonds. The van der Waals surface area contributed by atoms with Crippen LogP contribution in [0.4, 0.5) is 9.18 Å². The van der Waals surface area contributed by atoms with Crippen LogP contribution in [0.2, 0.25) is 0 Å². The molecular formula is C13H18FN3O5. The summed E-state index contributed by atoms with van der Waals surface area (Å²) in [6.07, 6.45) is 0.0977. The summed E-state index contributed by atoms with van der Waals surface area (Å²) in [6, 6.07) is 0. The van der Waals surface area contributed by atoms with Crippen molar-refractivity contribution in [1.29, 1.82) is 0 Å². The summed E-state index contributed by atoms with van der Waals surface area (Å²) >= 11 is 0. The number of amides is 2. The molecule has 1 heterocycles. The Labute approximate surface area is 126 Å². The van der Waals surface area contributed by atoms with Crippen molar-refractivity contribution in [2.45, 2.75) is 26.4 Å². The third kappa shape index (κ3) is 5.81. The monoisotopic (exact) mass is 315 g/mol. The van der Waals surface area contributed by atoms with Gasteiger partial charge in [0.1, 0.15) is 18.0 Å². The van der Waals surface area contributed by atoms with Gasteiger partial charge in [0.15, 0.2) is 6.73 Å². The quantitative estimate of drug-likeness (QED) is 0.742. The van der Waals surface area contributed by atoms with E-state index in [1.165, 1.54) is 0 Å². The van der Waals surface area contributed by atoms with Gasteiger partial charge in [-0.2, -0.15) is 4.39 Å². The zero-order chi connectivity index (χ0) is 16.9. The highest BCUT2D eigenvalue weighted by Crippen LogP contribution is 2.11. The molecule has 1 rings (SSSR count). The molecule has 0 unspecified atom stereocenters. The molecule has 0 saturated heterocycles. The maximum atomic E-state index is 13.1. The van der Waals surface area contributed by atoms with Gasteiger partial charge < -0.3 is 20.1 Å². The Morgan fingerprint density at radius 2 is 2.09 bits per heavy atom. The highest BCUT2D eigenvalue weighted by molar-refractivity contribution is 5.93. The average Bonchev–Trinajstić information content (AvgIpc) is 2.37. The van der Waals surface area contributed by atoms with Crippen molar-refractivity contribution in [3.63, 3.8) is 0 Å². The van der Waals surface area contributed by atoms with Gasteiger partial charge in [-0.25, -0.2) is 4.79 Å². The predicted octanol–water partition coefficient (Wildman–Crippen LogP) is 0.726. The molecule has 0 atom stereocenters. The first-order valence-electron chi connectivity index (χ1n) is 6.35. The van der Waals surface area contributed by atoms with E-state index in [1.54, 1.807) is 20.8 Å². The molecule has 0 radical (unpaired) electrons. The lowest BCUT2D eigenvalue weighted by Gasteiger charge is -2.25. The number of hydrogen-bond acceptors (Lipinski definition) is 6. The first-order chi connectivity index (χ1) is 10.1. The molecule has 0 aliphatic carbocycles. The van der Waals surface area contributed by atoms with Gasteiger partial charge in [-0.15, -0.1) is 0 Å². The minimum Gasteiger partial charge on any atom is -0.444 e. The summed E-state index contributed by atoms with van der Waals surface area (Å²) in [7, 11) is 0. The molecule has 8 nitrogen and oxygen atoms in total. The van der Waals surface area contributed by atoms with Crippen LogP contribution in [-0.4, -0.2) is 41.7 Å². The molecule has 0 saturated carbocycles. The number of rotatable bonds is 4. The molecule has 0 fully saturated rings. The summed E-state index contributed by atoms with van der Waals surface area (Å²) < 4.78 is 22.8. The molecular weight excluding hydrogens is 297 g/mol. The van der Waals surface area contributed by atoms with Crippen molar-refractivity contribution in [3.8, 4) is 0 Å². The number of alkyl carbamates (subject to hydrolysis) is 1. The SMILES string of the molecule is C=C1NC(=O)C(F)=CN1COC(=O)CNC(=O)OC(C)(C)C. The summed E-state index contributed by atoms with van der Waals surface area (Å²) in [4.78, 5) is 34.9. The first kappa shape index (κ1) is 17.5. The van der Waals surface area contributed by atoms with E-state index in [-0.39, 0.29) is 12.6 Å². The second-order valence-corrected chi connectivity index (χ2v) is 5.35. The van der Waals surface area contributed by atoms with Gasteiger partial charge in [0, 0.05) is 0 Å². The number of nitrogens with zero attached hydrogens (tertiary/aromatic N) is 1. The molecule has 0 aromatic heterocycles. The van der Waals surface area contributed by atoms with Crippen LogP contribution < -0.4 is 10.6 Å². The van der Waals surface area contributed by atoms with Crippen LogP contribution >= 0.6 is 0 Å². The molecule has 22 heavy (non-hydrogen) atoms. The van der Waals surface area contributed by atoms with E-state index in [2.05, 4.69) is 17.2 Å². The van der Waals surface area contributed by atoms with E-state index in [0.29, 0.717) is 0 Å². The minimum atomic E-state index is -1.03. The first-order valence-corrected chi connectivity index (χ1v) is 6.35. The van der Waals surface area contributed by atoms with Gasteiger partial charge in [0.2, 0.25) is 5.83 Å². The van der Waals surface area contributed by atoms with Crippen LogP contribution in [-0.2, 0) is 19.1 Å². The number of carbonyl (C=O) groups is 3. The second-order valence-electron chi connectivity index (χ2n) is 5.35. The Hall–Kier alpha value is -2.58. The van der Waals surface area contributed by atoms with E-state index in [9.17, 15) is 18.8 Å². The van der Waals surface area contributed by atoms with E-state index < -0.39 is 35.9 Å². The van der Waals surface area contributed by atoms with E-state index >= 15 is 0 Å². The lowest BCUT2D eigenvalue weighted by Crippen LogP contribution is -2.40. The Morgan fingerprint density at radius 3 is 2.68 bits per heavy atom. The summed E-state index contributed by atoms with van der Waals surface area (Å²) in [5.41, 5.74) is -0.680. The molecule has 2 N–H and O–H groups in total. The fourth-order valence-corrected chi connectivity index (χ4v) is 1.30. The smallest absolute Gasteiger partial charge is 0.408 e. The number of hydrogen-bond donors (Lipinski definition) is 2. The highest BCUT2D eigenvalue weighted by Gasteiger charge is 2.22. The summed E-state index contributed by atoms with van der Waals surface area (Å²) in [5.74, 6) is -2.64. The van der Waals surface area contributed by atoms with Crippen molar-refractivity contribution in [3.05, 3.63) is 24.4 Å². The molecule has 1 aliphatic heterocycles. The zero-order valence-electron chi connectivity index (χ0n) is 12.6. The topological polar surface area (TPSA) is 97.0 Å². The molecule has 0 spiro atoms. The van der Waals surface area contributed by atoms with Crippen LogP contribution in [0.1, 0.15) is 20.8 Å². The van der Waals surface area contributed by atoms with Crippen molar-refractivity contribution in [2.75, 3.05) is 13.3 Å². The average molecular weight is 315 g/mol. The highest BCUT2D eigenvalue weighted by atomic mass is 19.1. The van der Waals surface area contributed by atoms with Crippen LogP contribution in [0.15, 0.2) is 24.4 Å². The van der Waals surface area contributed by atoms with Crippen LogP contribution in [0.3, 0.4) is 0 Å². The molecule has 122 valence electrons. The van der Waals surface area contributed by atoms with Crippen molar-refractivity contribution < 1.29 is 28.2 Å². The molecule has 1 aliphatic rings. The van der Waals surface area contributed by atoms with Gasteiger partial charge in [-0.05, 0) is 20.8 Å². The largest absolute Gasteiger partial charge is 0.444 e. The Balaban J connectivity index is 2.36. The standard InChI is InChI=1S/C13H18FN3O5/c1-8-16-11(19)9(14)6-17(8)7-21-10(18)5-15-12(20)22-13(2,3)4/h6H,1,5,7H2,2-4H3,(H,15,20)(H,16,19). The maximum absolute atomic E-state index is 13.1. The fraction of sp³-hybridized carbons (Fsp3) is 0.462. The van der Waals surface area contributed by atoms with Gasteiger partial charge in [-0.1, -0.05) is 6.58 Å². The Bertz CT molecular complexity index is 524. The van der Waals surface area contributed by atoms with Crippen LogP contribution in [0.25, 0.3) is 0 Å². The number of carbonyl (C=O) groups excluding carboxylic acids is 3. The number of halogens is 1. The number of nitrogens with one attached hydrogen (secondary N) is 2. The van der Waals surface area contributed by atoms with Crippen molar-refractivity contribution >= 4 is 18.0 Å². The summed E-state index contributed by atoms with van der Waals surface area (Å²) in [6.45, 7) is 7.75. The van der Waals surface area contributed by atoms with E-state index in [0.717, 1.165) is 11.1 Å². The van der Waals surface area contributed by atoms with E-state index in [1.807, 2.05) is 0 Å². The summed E-state index contributed by atoms with van der Waals surface area (Å²) in [5, 5.41) is 4.36. The van der Waals surface area contributed by atoms with Gasteiger partial charge in [-0.3, -0.25) is 14.5 Å². The minimum absolute atomic E-state index is 0.0688. The second kappa shape index (κ2) is 6.92. The van der Waals surface area contributed by atoms with Crippen LogP contribution in [0, 0.1) is 0 Å². The maximum Gasteiger partial charge on any atom is 0.408 e. The molecule has 0 bridgehead atoms. The van der Waals surface area contributed by atoms with E-state index in [4.69, 9.17) is 9.47 Å². The van der Waals surface area contributed by atoms with Gasteiger partial charge in [0.25, 0.3) is 5.91 Å².